The van der Waals surface area contributed by atoms with Crippen LogP contribution in [0.4, 0.5) is 18.9 Å². The monoisotopic (exact) mass is 277 g/mol. The molecule has 0 spiro atoms. The van der Waals surface area contributed by atoms with Crippen molar-refractivity contribution in [3.8, 4) is 0 Å². The van der Waals surface area contributed by atoms with Gasteiger partial charge >= 0.3 is 6.18 Å². The van der Waals surface area contributed by atoms with E-state index in [0.29, 0.717) is 24.3 Å². The highest BCUT2D eigenvalue weighted by Gasteiger charge is 2.25. The van der Waals surface area contributed by atoms with Gasteiger partial charge < -0.3 is 11.1 Å². The van der Waals surface area contributed by atoms with Crippen LogP contribution in [-0.2, 0) is 0 Å². The molecular formula is C11H14F3N3S. The highest BCUT2D eigenvalue weighted by atomic mass is 32.1. The fraction of sp³-hybridized carbons (Fsp3) is 0.455. The van der Waals surface area contributed by atoms with Crippen molar-refractivity contribution in [2.75, 3.05) is 11.9 Å². The molecule has 0 saturated heterocycles. The maximum absolute atomic E-state index is 11.9. The quantitative estimate of drug-likeness (QED) is 0.620. The standard InChI is InChI=1S/C11H14F3N3S/c12-11(13,14)5-1-2-6-16-8-4-3-7-17-9(8)10(15)18/h3-4,7,16H,1-2,5-6H2,(H2,15,18). The Morgan fingerprint density at radius 2 is 2.11 bits per heavy atom. The van der Waals surface area contributed by atoms with Crippen LogP contribution in [0.2, 0.25) is 0 Å². The van der Waals surface area contributed by atoms with Crippen molar-refractivity contribution in [3.63, 3.8) is 0 Å². The Morgan fingerprint density at radius 1 is 1.39 bits per heavy atom. The number of aromatic nitrogens is 1. The van der Waals surface area contributed by atoms with E-state index in [2.05, 4.69) is 10.3 Å². The van der Waals surface area contributed by atoms with Gasteiger partial charge in [0.05, 0.1) is 5.69 Å². The lowest BCUT2D eigenvalue weighted by Crippen LogP contribution is -2.15. The molecule has 0 atom stereocenters. The number of pyridine rings is 1. The van der Waals surface area contributed by atoms with E-state index in [4.69, 9.17) is 18.0 Å². The molecule has 0 aromatic carbocycles. The van der Waals surface area contributed by atoms with Crippen molar-refractivity contribution in [1.82, 2.24) is 4.98 Å². The maximum atomic E-state index is 11.9. The zero-order chi connectivity index (χ0) is 13.6. The van der Waals surface area contributed by atoms with Crippen LogP contribution in [0.1, 0.15) is 25.0 Å². The molecule has 100 valence electrons. The molecule has 7 heteroatoms. The van der Waals surface area contributed by atoms with Crippen LogP contribution in [0.3, 0.4) is 0 Å². The third kappa shape index (κ3) is 5.31. The van der Waals surface area contributed by atoms with Gasteiger partial charge in [0, 0.05) is 19.2 Å². The second-order valence-electron chi connectivity index (χ2n) is 3.76. The van der Waals surface area contributed by atoms with E-state index in [1.807, 2.05) is 0 Å². The van der Waals surface area contributed by atoms with Crippen LogP contribution in [0.5, 0.6) is 0 Å². The molecule has 1 rings (SSSR count). The Bertz CT molecular complexity index is 407. The predicted octanol–water partition coefficient (Wildman–Crippen LogP) is 2.86. The molecule has 0 saturated carbocycles. The molecule has 0 bridgehead atoms. The minimum atomic E-state index is -4.09. The van der Waals surface area contributed by atoms with Crippen molar-refractivity contribution in [1.29, 1.82) is 0 Å². The van der Waals surface area contributed by atoms with Gasteiger partial charge in [-0.2, -0.15) is 13.2 Å². The fourth-order valence-corrected chi connectivity index (χ4v) is 1.58. The molecule has 0 aliphatic carbocycles. The van der Waals surface area contributed by atoms with Crippen LogP contribution in [-0.4, -0.2) is 22.7 Å². The molecule has 0 fully saturated rings. The lowest BCUT2D eigenvalue weighted by Gasteiger charge is -2.10. The van der Waals surface area contributed by atoms with Gasteiger partial charge in [0.25, 0.3) is 0 Å². The normalized spacial score (nSPS) is 11.3. The number of alkyl halides is 3. The van der Waals surface area contributed by atoms with Crippen molar-refractivity contribution in [2.24, 2.45) is 5.73 Å². The third-order valence-electron chi connectivity index (χ3n) is 2.24. The summed E-state index contributed by atoms with van der Waals surface area (Å²) in [6.45, 7) is 0.428. The second-order valence-corrected chi connectivity index (χ2v) is 4.20. The van der Waals surface area contributed by atoms with E-state index >= 15 is 0 Å². The molecule has 3 nitrogen and oxygen atoms in total. The first-order valence-electron chi connectivity index (χ1n) is 5.45. The number of nitrogens with one attached hydrogen (secondary N) is 1. The molecule has 1 heterocycles. The fourth-order valence-electron chi connectivity index (χ4n) is 1.42. The maximum Gasteiger partial charge on any atom is 0.389 e. The molecular weight excluding hydrogens is 263 g/mol. The SMILES string of the molecule is NC(=S)c1ncccc1NCCCCC(F)(F)F. The van der Waals surface area contributed by atoms with Crippen molar-refractivity contribution in [2.45, 2.75) is 25.4 Å². The number of hydrogen-bond donors (Lipinski definition) is 2. The third-order valence-corrected chi connectivity index (χ3v) is 2.44. The summed E-state index contributed by atoms with van der Waals surface area (Å²) in [5.74, 6) is 0. The van der Waals surface area contributed by atoms with Crippen LogP contribution < -0.4 is 11.1 Å². The highest BCUT2D eigenvalue weighted by molar-refractivity contribution is 7.80. The number of anilines is 1. The topological polar surface area (TPSA) is 50.9 Å². The van der Waals surface area contributed by atoms with Crippen LogP contribution in [0.15, 0.2) is 18.3 Å². The van der Waals surface area contributed by atoms with E-state index in [1.165, 1.54) is 0 Å². The van der Waals surface area contributed by atoms with Crippen LogP contribution in [0.25, 0.3) is 0 Å². The number of hydrogen-bond acceptors (Lipinski definition) is 3. The Hall–Kier alpha value is -1.37. The minimum Gasteiger partial charge on any atom is -0.388 e. The van der Waals surface area contributed by atoms with Gasteiger partial charge in [0.15, 0.2) is 0 Å². The Kier molecular flexibility index (Phi) is 5.33. The summed E-state index contributed by atoms with van der Waals surface area (Å²) >= 11 is 4.83. The Balaban J connectivity index is 2.38. The number of thiocarbonyl (C=S) groups is 1. The Labute approximate surface area is 109 Å². The first kappa shape index (κ1) is 14.7. The van der Waals surface area contributed by atoms with Gasteiger partial charge in [-0.3, -0.25) is 4.98 Å². The molecule has 1 aromatic rings. The number of nitrogens with zero attached hydrogens (tertiary/aromatic N) is 1. The van der Waals surface area contributed by atoms with E-state index in [-0.39, 0.29) is 11.4 Å². The number of rotatable bonds is 6. The summed E-state index contributed by atoms with van der Waals surface area (Å²) in [5, 5.41) is 2.98. The number of nitrogens with two attached hydrogens (primary N) is 1. The first-order chi connectivity index (χ1) is 8.40. The van der Waals surface area contributed by atoms with Gasteiger partial charge in [0.1, 0.15) is 10.7 Å². The van der Waals surface area contributed by atoms with Crippen LogP contribution >= 0.6 is 12.2 Å². The molecule has 0 aliphatic heterocycles. The molecule has 0 unspecified atom stereocenters. The van der Waals surface area contributed by atoms with Crippen molar-refractivity contribution >= 4 is 22.9 Å². The summed E-state index contributed by atoms with van der Waals surface area (Å²) in [4.78, 5) is 4.17. The lowest BCUT2D eigenvalue weighted by molar-refractivity contribution is -0.135. The van der Waals surface area contributed by atoms with E-state index in [9.17, 15) is 13.2 Å². The summed E-state index contributed by atoms with van der Waals surface area (Å²) < 4.78 is 35.7. The smallest absolute Gasteiger partial charge is 0.388 e. The number of unbranched alkanes of at least 4 members (excludes halogenated alkanes) is 1. The zero-order valence-electron chi connectivity index (χ0n) is 9.63. The van der Waals surface area contributed by atoms with Crippen LogP contribution in [0, 0.1) is 0 Å². The highest BCUT2D eigenvalue weighted by Crippen LogP contribution is 2.22. The van der Waals surface area contributed by atoms with Gasteiger partial charge in [-0.05, 0) is 25.0 Å². The van der Waals surface area contributed by atoms with E-state index in [0.717, 1.165) is 0 Å². The molecule has 0 aliphatic rings. The largest absolute Gasteiger partial charge is 0.389 e. The lowest BCUT2D eigenvalue weighted by atomic mass is 10.2. The first-order valence-corrected chi connectivity index (χ1v) is 5.86. The van der Waals surface area contributed by atoms with E-state index < -0.39 is 12.6 Å². The average molecular weight is 277 g/mol. The summed E-state index contributed by atoms with van der Waals surface area (Å²) in [7, 11) is 0. The minimum absolute atomic E-state index is 0.0964. The molecule has 0 radical (unpaired) electrons. The second kappa shape index (κ2) is 6.53. The number of halogens is 3. The summed E-state index contributed by atoms with van der Waals surface area (Å²) in [6.07, 6.45) is -2.77. The van der Waals surface area contributed by atoms with Gasteiger partial charge in [-0.25, -0.2) is 0 Å². The predicted molar refractivity (Wildman–Crippen MR) is 68.5 cm³/mol. The zero-order valence-corrected chi connectivity index (χ0v) is 10.4. The summed E-state index contributed by atoms with van der Waals surface area (Å²) in [6, 6.07) is 3.45. The molecule has 0 amide bonds. The summed E-state index contributed by atoms with van der Waals surface area (Å²) in [5.41, 5.74) is 6.59. The van der Waals surface area contributed by atoms with Gasteiger partial charge in [-0.15, -0.1) is 0 Å². The molecule has 1 aromatic heterocycles. The molecule has 3 N–H and O–H groups in total. The van der Waals surface area contributed by atoms with Crippen molar-refractivity contribution < 1.29 is 13.2 Å². The van der Waals surface area contributed by atoms with Crippen molar-refractivity contribution in [3.05, 3.63) is 24.0 Å². The van der Waals surface area contributed by atoms with Gasteiger partial charge in [-0.1, -0.05) is 12.2 Å². The average Bonchev–Trinajstić information content (AvgIpc) is 2.27. The van der Waals surface area contributed by atoms with E-state index in [1.54, 1.807) is 18.3 Å². The molecule has 18 heavy (non-hydrogen) atoms. The van der Waals surface area contributed by atoms with Gasteiger partial charge in [0.2, 0.25) is 0 Å². The Morgan fingerprint density at radius 3 is 2.72 bits per heavy atom.